The van der Waals surface area contributed by atoms with Crippen LogP contribution in [0.4, 0.5) is 0 Å². The maximum atomic E-state index is 3.49. The Morgan fingerprint density at radius 2 is 1.82 bits per heavy atom. The number of rotatable bonds is 4. The number of nitrogens with zero attached hydrogens (tertiary/aromatic N) is 1. The normalized spacial score (nSPS) is 28.5. The largest absolute Gasteiger partial charge is 0.316 e. The van der Waals surface area contributed by atoms with E-state index in [9.17, 15) is 0 Å². The fourth-order valence-corrected chi connectivity index (χ4v) is 3.88. The van der Waals surface area contributed by atoms with Crippen LogP contribution in [0.1, 0.15) is 0 Å². The van der Waals surface area contributed by atoms with Crippen LogP contribution < -0.4 is 5.32 Å². The predicted octanol–water partition coefficient (Wildman–Crippen LogP) is 1.93. The van der Waals surface area contributed by atoms with Crippen molar-refractivity contribution >= 4 is 11.8 Å². The van der Waals surface area contributed by atoms with Crippen molar-refractivity contribution < 1.29 is 0 Å². The van der Waals surface area contributed by atoms with Crippen molar-refractivity contribution in [3.63, 3.8) is 0 Å². The van der Waals surface area contributed by atoms with Crippen LogP contribution in [-0.2, 0) is 0 Å². The van der Waals surface area contributed by atoms with Gasteiger partial charge < -0.3 is 10.2 Å². The Morgan fingerprint density at radius 1 is 1.12 bits per heavy atom. The molecule has 17 heavy (non-hydrogen) atoms. The number of likely N-dealkylation sites (tertiary alicyclic amines) is 1. The highest BCUT2D eigenvalue weighted by atomic mass is 32.2. The van der Waals surface area contributed by atoms with Crippen LogP contribution in [-0.4, -0.2) is 43.4 Å². The molecule has 1 N–H and O–H groups in total. The second kappa shape index (κ2) is 5.42. The Hall–Kier alpha value is -0.510. The zero-order valence-electron chi connectivity index (χ0n) is 10.1. The molecule has 1 aromatic rings. The van der Waals surface area contributed by atoms with Gasteiger partial charge in [-0.05, 0) is 37.1 Å². The molecule has 0 saturated carbocycles. The topological polar surface area (TPSA) is 15.3 Å². The van der Waals surface area contributed by atoms with Crippen LogP contribution in [0.15, 0.2) is 35.2 Å². The van der Waals surface area contributed by atoms with E-state index in [1.165, 1.54) is 43.4 Å². The minimum absolute atomic E-state index is 0.928. The molecule has 2 fully saturated rings. The Morgan fingerprint density at radius 3 is 2.53 bits per heavy atom. The highest BCUT2D eigenvalue weighted by molar-refractivity contribution is 7.99. The van der Waals surface area contributed by atoms with Gasteiger partial charge in [-0.15, -0.1) is 11.8 Å². The molecule has 3 heteroatoms. The van der Waals surface area contributed by atoms with Crippen LogP contribution in [0.3, 0.4) is 0 Å². The van der Waals surface area contributed by atoms with Gasteiger partial charge in [0.25, 0.3) is 0 Å². The third-order valence-electron chi connectivity index (χ3n) is 3.88. The van der Waals surface area contributed by atoms with Gasteiger partial charge in [0.05, 0.1) is 0 Å². The van der Waals surface area contributed by atoms with E-state index in [1.807, 2.05) is 11.8 Å². The lowest BCUT2D eigenvalue weighted by Crippen LogP contribution is -2.27. The molecule has 0 bridgehead atoms. The fourth-order valence-electron chi connectivity index (χ4n) is 2.94. The predicted molar refractivity (Wildman–Crippen MR) is 73.5 cm³/mol. The van der Waals surface area contributed by atoms with Crippen LogP contribution in [0.25, 0.3) is 0 Å². The molecule has 0 aromatic heterocycles. The van der Waals surface area contributed by atoms with Crippen LogP contribution in [0.5, 0.6) is 0 Å². The molecule has 2 saturated heterocycles. The van der Waals surface area contributed by atoms with Crippen molar-refractivity contribution in [1.29, 1.82) is 0 Å². The monoisotopic (exact) mass is 248 g/mol. The number of nitrogens with one attached hydrogen (secondary N) is 1. The summed E-state index contributed by atoms with van der Waals surface area (Å²) in [6, 6.07) is 10.7. The lowest BCUT2D eigenvalue weighted by Gasteiger charge is -2.16. The van der Waals surface area contributed by atoms with Crippen LogP contribution in [0, 0.1) is 11.8 Å². The molecule has 0 radical (unpaired) electrons. The highest BCUT2D eigenvalue weighted by Gasteiger charge is 2.35. The summed E-state index contributed by atoms with van der Waals surface area (Å²) < 4.78 is 0. The quantitative estimate of drug-likeness (QED) is 0.820. The lowest BCUT2D eigenvalue weighted by molar-refractivity contribution is 0.333. The SMILES string of the molecule is c1ccc(SCCN2C[C@H]3CNC[C@H]3C2)cc1. The Kier molecular flexibility index (Phi) is 3.69. The summed E-state index contributed by atoms with van der Waals surface area (Å²) in [6.45, 7) is 6.35. The van der Waals surface area contributed by atoms with Gasteiger partial charge >= 0.3 is 0 Å². The highest BCUT2D eigenvalue weighted by Crippen LogP contribution is 2.26. The number of hydrogen-bond donors (Lipinski definition) is 1. The Bertz CT molecular complexity index is 342. The molecule has 2 atom stereocenters. The molecule has 0 unspecified atom stereocenters. The number of thioether (sulfide) groups is 1. The zero-order valence-corrected chi connectivity index (χ0v) is 11.0. The van der Waals surface area contributed by atoms with E-state index in [1.54, 1.807) is 0 Å². The summed E-state index contributed by atoms with van der Waals surface area (Å²) in [6.07, 6.45) is 0. The first-order chi connectivity index (χ1) is 8.42. The third-order valence-corrected chi connectivity index (χ3v) is 4.88. The van der Waals surface area contributed by atoms with E-state index in [-0.39, 0.29) is 0 Å². The van der Waals surface area contributed by atoms with Crippen molar-refractivity contribution in [2.75, 3.05) is 38.5 Å². The second-order valence-electron chi connectivity index (χ2n) is 5.10. The van der Waals surface area contributed by atoms with E-state index in [0.717, 1.165) is 11.8 Å². The van der Waals surface area contributed by atoms with Crippen molar-refractivity contribution in [3.8, 4) is 0 Å². The first-order valence-corrected chi connectivity index (χ1v) is 7.51. The zero-order chi connectivity index (χ0) is 11.5. The van der Waals surface area contributed by atoms with Crippen molar-refractivity contribution in [1.82, 2.24) is 10.2 Å². The van der Waals surface area contributed by atoms with Gasteiger partial charge in [-0.25, -0.2) is 0 Å². The number of fused-ring (bicyclic) bond motifs is 1. The molecule has 2 heterocycles. The van der Waals surface area contributed by atoms with E-state index in [4.69, 9.17) is 0 Å². The van der Waals surface area contributed by atoms with Gasteiger partial charge in [-0.2, -0.15) is 0 Å². The minimum Gasteiger partial charge on any atom is -0.316 e. The standard InChI is InChI=1S/C14H20N2S/c1-2-4-14(5-3-1)17-7-6-16-10-12-8-15-9-13(12)11-16/h1-5,12-13,15H,6-11H2/t12-,13+. The lowest BCUT2D eigenvalue weighted by atomic mass is 10.0. The first kappa shape index (κ1) is 11.6. The third kappa shape index (κ3) is 2.84. The molecule has 2 aliphatic rings. The van der Waals surface area contributed by atoms with E-state index in [2.05, 4.69) is 40.5 Å². The second-order valence-corrected chi connectivity index (χ2v) is 6.27. The van der Waals surface area contributed by atoms with Crippen molar-refractivity contribution in [2.45, 2.75) is 4.90 Å². The molecular formula is C14H20N2S. The maximum absolute atomic E-state index is 3.49. The van der Waals surface area contributed by atoms with E-state index >= 15 is 0 Å². The smallest absolute Gasteiger partial charge is 0.0108 e. The Labute approximate surface area is 108 Å². The summed E-state index contributed by atoms with van der Waals surface area (Å²) >= 11 is 1.98. The Balaban J connectivity index is 1.41. The van der Waals surface area contributed by atoms with E-state index < -0.39 is 0 Å². The molecule has 2 nitrogen and oxygen atoms in total. The van der Waals surface area contributed by atoms with Gasteiger partial charge in [0.15, 0.2) is 0 Å². The molecular weight excluding hydrogens is 228 g/mol. The summed E-state index contributed by atoms with van der Waals surface area (Å²) in [5.41, 5.74) is 0. The fraction of sp³-hybridized carbons (Fsp3) is 0.571. The van der Waals surface area contributed by atoms with Crippen molar-refractivity contribution in [3.05, 3.63) is 30.3 Å². The van der Waals surface area contributed by atoms with Crippen LogP contribution in [0.2, 0.25) is 0 Å². The average Bonchev–Trinajstić information content (AvgIpc) is 2.91. The molecule has 92 valence electrons. The molecule has 2 aliphatic heterocycles. The van der Waals surface area contributed by atoms with Gasteiger partial charge in [-0.3, -0.25) is 0 Å². The molecule has 0 aliphatic carbocycles. The van der Waals surface area contributed by atoms with Gasteiger partial charge in [0.1, 0.15) is 0 Å². The average molecular weight is 248 g/mol. The van der Waals surface area contributed by atoms with Crippen LogP contribution >= 0.6 is 11.8 Å². The summed E-state index contributed by atoms with van der Waals surface area (Å²) in [5, 5.41) is 3.49. The molecule has 0 spiro atoms. The van der Waals surface area contributed by atoms with Gasteiger partial charge in [-0.1, -0.05) is 18.2 Å². The van der Waals surface area contributed by atoms with E-state index in [0.29, 0.717) is 0 Å². The number of hydrogen-bond acceptors (Lipinski definition) is 3. The first-order valence-electron chi connectivity index (χ1n) is 6.53. The minimum atomic E-state index is 0.928. The number of benzene rings is 1. The molecule has 1 aromatic carbocycles. The molecule has 0 amide bonds. The molecule has 3 rings (SSSR count). The maximum Gasteiger partial charge on any atom is 0.0108 e. The van der Waals surface area contributed by atoms with Crippen molar-refractivity contribution in [2.24, 2.45) is 11.8 Å². The van der Waals surface area contributed by atoms with Gasteiger partial charge in [0.2, 0.25) is 0 Å². The van der Waals surface area contributed by atoms with Gasteiger partial charge in [0, 0.05) is 30.3 Å². The summed E-state index contributed by atoms with van der Waals surface area (Å²) in [5.74, 6) is 3.07. The summed E-state index contributed by atoms with van der Waals surface area (Å²) in [7, 11) is 0. The summed E-state index contributed by atoms with van der Waals surface area (Å²) in [4.78, 5) is 4.04.